The van der Waals surface area contributed by atoms with Crippen molar-refractivity contribution < 1.29 is 32.7 Å². The van der Waals surface area contributed by atoms with Gasteiger partial charge in [0.25, 0.3) is 11.8 Å². The SMILES string of the molecule is CN(C)C(=O)c1c(CNC(=O)c2ccc(N3CCCCC3)nc2)c(=O)c2ccc(Cl)cc2n1-c1ccccc1.O=C(O)C(F)(F)F. The number of anilines is 1. The molecule has 2 amide bonds. The maximum Gasteiger partial charge on any atom is 0.490 e. The number of carbonyl (C=O) groups is 3. The van der Waals surface area contributed by atoms with Gasteiger partial charge in [-0.1, -0.05) is 29.8 Å². The van der Waals surface area contributed by atoms with Crippen molar-refractivity contribution in [3.63, 3.8) is 0 Å². The lowest BCUT2D eigenvalue weighted by molar-refractivity contribution is -0.192. The molecule has 14 heteroatoms. The monoisotopic (exact) mass is 657 g/mol. The summed E-state index contributed by atoms with van der Waals surface area (Å²) in [6.07, 6.45) is -0.0360. The summed E-state index contributed by atoms with van der Waals surface area (Å²) >= 11 is 6.32. The molecule has 0 radical (unpaired) electrons. The molecule has 1 saturated heterocycles. The molecule has 2 N–H and O–H groups in total. The summed E-state index contributed by atoms with van der Waals surface area (Å²) in [4.78, 5) is 57.4. The number of benzene rings is 2. The number of halogens is 4. The first kappa shape index (κ1) is 34.0. The number of rotatable bonds is 6. The van der Waals surface area contributed by atoms with Crippen LogP contribution >= 0.6 is 11.6 Å². The zero-order chi connectivity index (χ0) is 33.6. The van der Waals surface area contributed by atoms with Gasteiger partial charge in [-0.15, -0.1) is 0 Å². The highest BCUT2D eigenvalue weighted by atomic mass is 35.5. The Morgan fingerprint density at radius 3 is 2.22 bits per heavy atom. The Kier molecular flexibility index (Phi) is 10.7. The highest BCUT2D eigenvalue weighted by molar-refractivity contribution is 6.31. The minimum absolute atomic E-state index is 0.133. The lowest BCUT2D eigenvalue weighted by Crippen LogP contribution is -2.34. The van der Waals surface area contributed by atoms with Gasteiger partial charge >= 0.3 is 12.1 Å². The molecule has 242 valence electrons. The number of aliphatic carboxylic acids is 1. The normalized spacial score (nSPS) is 13.0. The molecule has 5 rings (SSSR count). The van der Waals surface area contributed by atoms with Crippen molar-refractivity contribution >= 4 is 46.1 Å². The van der Waals surface area contributed by atoms with Crippen LogP contribution in [-0.4, -0.2) is 70.7 Å². The summed E-state index contributed by atoms with van der Waals surface area (Å²) in [7, 11) is 3.25. The Morgan fingerprint density at radius 1 is 1.00 bits per heavy atom. The fourth-order valence-corrected chi connectivity index (χ4v) is 5.12. The largest absolute Gasteiger partial charge is 0.490 e. The van der Waals surface area contributed by atoms with Gasteiger partial charge in [0.15, 0.2) is 5.43 Å². The van der Waals surface area contributed by atoms with Crippen molar-refractivity contribution in [2.45, 2.75) is 32.0 Å². The minimum atomic E-state index is -5.08. The fourth-order valence-electron chi connectivity index (χ4n) is 4.95. The van der Waals surface area contributed by atoms with E-state index in [2.05, 4.69) is 15.2 Å². The molecule has 0 saturated carbocycles. The van der Waals surface area contributed by atoms with Gasteiger partial charge in [-0.3, -0.25) is 14.4 Å². The third kappa shape index (κ3) is 7.83. The fraction of sp³-hybridized carbons (Fsp3) is 0.281. The summed E-state index contributed by atoms with van der Waals surface area (Å²) in [5.41, 5.74) is 1.62. The van der Waals surface area contributed by atoms with Gasteiger partial charge in [0, 0.05) is 61.6 Å². The van der Waals surface area contributed by atoms with E-state index in [0.717, 1.165) is 31.7 Å². The molecule has 2 aromatic carbocycles. The van der Waals surface area contributed by atoms with Gasteiger partial charge < -0.3 is 24.8 Å². The molecule has 0 aliphatic carbocycles. The van der Waals surface area contributed by atoms with E-state index in [1.54, 1.807) is 49.1 Å². The highest BCUT2D eigenvalue weighted by Crippen LogP contribution is 2.26. The number of piperidine rings is 1. The predicted molar refractivity (Wildman–Crippen MR) is 168 cm³/mol. The summed E-state index contributed by atoms with van der Waals surface area (Å²) in [5, 5.41) is 10.8. The smallest absolute Gasteiger partial charge is 0.475 e. The van der Waals surface area contributed by atoms with Gasteiger partial charge in [0.05, 0.1) is 11.1 Å². The number of nitrogens with zero attached hydrogens (tertiary/aromatic N) is 4. The van der Waals surface area contributed by atoms with Gasteiger partial charge in [-0.2, -0.15) is 13.2 Å². The first-order valence-electron chi connectivity index (χ1n) is 14.2. The maximum atomic E-state index is 13.7. The predicted octanol–water partition coefficient (Wildman–Crippen LogP) is 5.29. The molecule has 1 aliphatic rings. The van der Waals surface area contributed by atoms with E-state index in [1.807, 2.05) is 36.4 Å². The average molecular weight is 658 g/mol. The Balaban J connectivity index is 0.000000617. The minimum Gasteiger partial charge on any atom is -0.475 e. The van der Waals surface area contributed by atoms with E-state index in [9.17, 15) is 27.6 Å². The van der Waals surface area contributed by atoms with E-state index < -0.39 is 12.1 Å². The molecule has 10 nitrogen and oxygen atoms in total. The van der Waals surface area contributed by atoms with E-state index in [1.165, 1.54) is 11.3 Å². The van der Waals surface area contributed by atoms with Crippen molar-refractivity contribution in [2.75, 3.05) is 32.1 Å². The number of fused-ring (bicyclic) bond motifs is 1. The van der Waals surface area contributed by atoms with Gasteiger partial charge in [0.1, 0.15) is 11.5 Å². The number of carboxylic acids is 1. The van der Waals surface area contributed by atoms with Gasteiger partial charge in [-0.25, -0.2) is 9.78 Å². The lowest BCUT2D eigenvalue weighted by atomic mass is 10.0. The number of carboxylic acid groups (broad SMARTS) is 1. The van der Waals surface area contributed by atoms with Gasteiger partial charge in [-0.05, 0) is 61.7 Å². The number of hydrogen-bond donors (Lipinski definition) is 2. The van der Waals surface area contributed by atoms with Crippen molar-refractivity contribution in [1.82, 2.24) is 19.8 Å². The molecule has 4 aromatic rings. The number of amides is 2. The first-order valence-corrected chi connectivity index (χ1v) is 14.6. The van der Waals surface area contributed by atoms with E-state index in [4.69, 9.17) is 21.5 Å². The second-order valence-electron chi connectivity index (χ2n) is 10.6. The summed E-state index contributed by atoms with van der Waals surface area (Å²) < 4.78 is 33.5. The van der Waals surface area contributed by atoms with Crippen LogP contribution in [0.4, 0.5) is 19.0 Å². The molecule has 46 heavy (non-hydrogen) atoms. The van der Waals surface area contributed by atoms with E-state index in [0.29, 0.717) is 27.2 Å². The number of pyridine rings is 2. The maximum absolute atomic E-state index is 13.7. The standard InChI is InChI=1S/C30H30ClN5O3.C2HF3O2/c1-34(2)30(39)27-24(19-33-29(38)20-11-14-26(32-18-20)35-15-7-4-8-16-35)28(37)23-13-12-21(31)17-25(23)36(27)22-9-5-3-6-10-22;3-2(4,5)1(6)7/h3,5-6,9-14,17-18H,4,7-8,15-16,19H2,1-2H3,(H,33,38);(H,6,7). The topological polar surface area (TPSA) is 125 Å². The van der Waals surface area contributed by atoms with Crippen molar-refractivity contribution in [2.24, 2.45) is 0 Å². The Labute approximate surface area is 267 Å². The molecule has 2 aromatic heterocycles. The molecule has 3 heterocycles. The number of alkyl halides is 3. The van der Waals surface area contributed by atoms with Crippen LogP contribution in [0.15, 0.2) is 71.7 Å². The molecule has 0 bridgehead atoms. The number of para-hydroxylation sites is 1. The quantitative estimate of drug-likeness (QED) is 0.289. The van der Waals surface area contributed by atoms with Crippen LogP contribution in [0.3, 0.4) is 0 Å². The molecule has 0 unspecified atom stereocenters. The highest BCUT2D eigenvalue weighted by Gasteiger charge is 2.38. The summed E-state index contributed by atoms with van der Waals surface area (Å²) in [6, 6.07) is 17.9. The Bertz CT molecular complexity index is 1790. The summed E-state index contributed by atoms with van der Waals surface area (Å²) in [5.74, 6) is -2.65. The van der Waals surface area contributed by atoms with Crippen molar-refractivity contribution in [1.29, 1.82) is 0 Å². The Morgan fingerprint density at radius 2 is 1.65 bits per heavy atom. The first-order chi connectivity index (χ1) is 21.8. The zero-order valence-corrected chi connectivity index (χ0v) is 25.7. The molecule has 1 aliphatic heterocycles. The van der Waals surface area contributed by atoms with Crippen LogP contribution in [0, 0.1) is 0 Å². The zero-order valence-electron chi connectivity index (χ0n) is 25.0. The van der Waals surface area contributed by atoms with Crippen molar-refractivity contribution in [3.8, 4) is 5.69 Å². The second kappa shape index (κ2) is 14.5. The Hall–Kier alpha value is -4.91. The number of hydrogen-bond acceptors (Lipinski definition) is 6. The third-order valence-electron chi connectivity index (χ3n) is 7.21. The number of carbonyl (C=O) groups excluding carboxylic acids is 2. The van der Waals surface area contributed by atoms with E-state index >= 15 is 0 Å². The van der Waals surface area contributed by atoms with E-state index in [-0.39, 0.29) is 35.0 Å². The lowest BCUT2D eigenvalue weighted by Gasteiger charge is -2.27. The average Bonchev–Trinajstić information content (AvgIpc) is 3.04. The summed E-state index contributed by atoms with van der Waals surface area (Å²) in [6.45, 7) is 1.79. The van der Waals surface area contributed by atoms with Crippen LogP contribution in [0.2, 0.25) is 5.02 Å². The second-order valence-corrected chi connectivity index (χ2v) is 11.1. The molecular formula is C32H31ClF3N5O5. The third-order valence-corrected chi connectivity index (χ3v) is 7.45. The number of aromatic nitrogens is 2. The number of nitrogens with one attached hydrogen (secondary N) is 1. The van der Waals surface area contributed by atoms with Crippen LogP contribution in [0.5, 0.6) is 0 Å². The molecule has 0 atom stereocenters. The van der Waals surface area contributed by atoms with Crippen LogP contribution in [0.25, 0.3) is 16.6 Å². The molecule has 0 spiro atoms. The van der Waals surface area contributed by atoms with Crippen LogP contribution in [-0.2, 0) is 11.3 Å². The van der Waals surface area contributed by atoms with Crippen molar-refractivity contribution in [3.05, 3.63) is 98.9 Å². The van der Waals surface area contributed by atoms with Gasteiger partial charge in [0.2, 0.25) is 0 Å². The molecular weight excluding hydrogens is 627 g/mol. The molecule has 1 fully saturated rings. The van der Waals surface area contributed by atoms with Crippen LogP contribution in [0.1, 0.15) is 45.7 Å². The van der Waals surface area contributed by atoms with Crippen LogP contribution < -0.4 is 15.6 Å².